The third-order valence-electron chi connectivity index (χ3n) is 3.68. The zero-order valence-electron chi connectivity index (χ0n) is 14.3. The average molecular weight is 392 g/mol. The van der Waals surface area contributed by atoms with Crippen LogP contribution < -0.4 is 0 Å². The Morgan fingerprint density at radius 3 is 1.88 bits per heavy atom. The van der Waals surface area contributed by atoms with Crippen molar-refractivity contribution in [3.05, 3.63) is 59.7 Å². The number of thiol groups is 1. The molecule has 26 heavy (non-hydrogen) atoms. The molecule has 0 saturated carbocycles. The molecule has 3 aromatic rings. The van der Waals surface area contributed by atoms with Crippen LogP contribution in [0.1, 0.15) is 11.1 Å². The minimum absolute atomic E-state index is 0.0865. The monoisotopic (exact) mass is 392 g/mol. The first kappa shape index (κ1) is 19.9. The Balaban J connectivity index is 0.000000254. The summed E-state index contributed by atoms with van der Waals surface area (Å²) in [6.45, 7) is 2.06. The number of benzene rings is 3. The predicted molar refractivity (Wildman–Crippen MR) is 106 cm³/mol. The van der Waals surface area contributed by atoms with E-state index in [1.807, 2.05) is 24.3 Å². The summed E-state index contributed by atoms with van der Waals surface area (Å²) in [7, 11) is -3.37. The zero-order valence-corrected chi connectivity index (χ0v) is 16.1. The lowest BCUT2D eigenvalue weighted by molar-refractivity contribution is 0.369. The molecule has 0 aliphatic rings. The molecule has 0 aliphatic heterocycles. The van der Waals surface area contributed by atoms with Crippen molar-refractivity contribution < 1.29 is 23.7 Å². The van der Waals surface area contributed by atoms with Crippen molar-refractivity contribution in [3.63, 3.8) is 0 Å². The van der Waals surface area contributed by atoms with Gasteiger partial charge in [-0.15, -0.1) is 12.6 Å². The number of hydrogen-bond donors (Lipinski definition) is 4. The van der Waals surface area contributed by atoms with E-state index in [0.29, 0.717) is 10.8 Å². The Labute approximate surface area is 157 Å². The van der Waals surface area contributed by atoms with Crippen LogP contribution in [0.5, 0.6) is 17.2 Å². The molecule has 138 valence electrons. The van der Waals surface area contributed by atoms with Gasteiger partial charge in [-0.3, -0.25) is 0 Å². The van der Waals surface area contributed by atoms with Crippen molar-refractivity contribution in [2.24, 2.45) is 0 Å². The predicted octanol–water partition coefficient (Wildman–Crippen LogP) is 3.78. The van der Waals surface area contributed by atoms with E-state index in [-0.39, 0.29) is 5.56 Å². The van der Waals surface area contributed by atoms with Gasteiger partial charge in [0, 0.05) is 22.1 Å². The van der Waals surface area contributed by atoms with Gasteiger partial charge in [0.25, 0.3) is 0 Å². The number of fused-ring (bicyclic) bond motifs is 1. The van der Waals surface area contributed by atoms with Crippen LogP contribution in [0, 0.1) is 6.92 Å². The number of phenols is 3. The molecule has 3 rings (SSSR count). The Morgan fingerprint density at radius 2 is 1.38 bits per heavy atom. The number of rotatable bonds is 2. The van der Waals surface area contributed by atoms with Gasteiger partial charge in [-0.2, -0.15) is 0 Å². The molecular formula is C19H20O5S2. The molecule has 0 amide bonds. The fourth-order valence-electron chi connectivity index (χ4n) is 2.42. The fraction of sp³-hybridized carbons (Fsp3) is 0.158. The quantitative estimate of drug-likeness (QED) is 0.393. The van der Waals surface area contributed by atoms with E-state index < -0.39 is 32.8 Å². The molecule has 3 aromatic carbocycles. The van der Waals surface area contributed by atoms with Crippen molar-refractivity contribution in [1.82, 2.24) is 0 Å². The highest BCUT2D eigenvalue weighted by Crippen LogP contribution is 2.45. The molecule has 0 heterocycles. The van der Waals surface area contributed by atoms with Crippen LogP contribution in [0.25, 0.3) is 10.8 Å². The first-order valence-electron chi connectivity index (χ1n) is 7.68. The van der Waals surface area contributed by atoms with Crippen LogP contribution in [0.15, 0.2) is 53.4 Å². The van der Waals surface area contributed by atoms with Gasteiger partial charge in [0.1, 0.15) is 0 Å². The summed E-state index contributed by atoms with van der Waals surface area (Å²) in [5.41, 5.74) is 1.37. The Kier molecular flexibility index (Phi) is 6.05. The van der Waals surface area contributed by atoms with Gasteiger partial charge in [-0.25, -0.2) is 8.42 Å². The maximum Gasteiger partial charge on any atom is 0.201 e. The molecule has 3 N–H and O–H groups in total. The van der Waals surface area contributed by atoms with Gasteiger partial charge in [-0.1, -0.05) is 42.0 Å². The summed E-state index contributed by atoms with van der Waals surface area (Å²) < 4.78 is 22.7. The minimum Gasteiger partial charge on any atom is -0.504 e. The molecule has 0 aromatic heterocycles. The molecule has 0 aliphatic carbocycles. The van der Waals surface area contributed by atoms with Crippen molar-refractivity contribution in [2.75, 3.05) is 6.26 Å². The maximum atomic E-state index is 11.3. The van der Waals surface area contributed by atoms with Gasteiger partial charge < -0.3 is 15.3 Å². The lowest BCUT2D eigenvalue weighted by Crippen LogP contribution is -2.02. The smallest absolute Gasteiger partial charge is 0.201 e. The van der Waals surface area contributed by atoms with Crippen LogP contribution in [0.4, 0.5) is 0 Å². The second-order valence-corrected chi connectivity index (χ2v) is 8.63. The Hall–Kier alpha value is -2.38. The highest BCUT2D eigenvalue weighted by Gasteiger charge is 2.20. The van der Waals surface area contributed by atoms with Crippen LogP contribution in [-0.2, 0) is 15.6 Å². The van der Waals surface area contributed by atoms with Crippen LogP contribution >= 0.6 is 12.6 Å². The number of aromatic hydroxyl groups is 3. The van der Waals surface area contributed by atoms with E-state index in [1.54, 1.807) is 18.2 Å². The minimum atomic E-state index is -3.37. The molecule has 0 fully saturated rings. The second kappa shape index (κ2) is 7.88. The number of aryl methyl sites for hydroxylation is 1. The summed E-state index contributed by atoms with van der Waals surface area (Å²) >= 11 is 4.13. The molecule has 0 atom stereocenters. The van der Waals surface area contributed by atoms with Gasteiger partial charge >= 0.3 is 0 Å². The van der Waals surface area contributed by atoms with E-state index in [1.165, 1.54) is 11.6 Å². The van der Waals surface area contributed by atoms with Gasteiger partial charge in [0.05, 0.1) is 5.75 Å². The average Bonchev–Trinajstić information content (AvgIpc) is 2.59. The third-order valence-corrected chi connectivity index (χ3v) is 4.79. The van der Waals surface area contributed by atoms with E-state index >= 15 is 0 Å². The summed E-state index contributed by atoms with van der Waals surface area (Å²) in [4.78, 5) is 1.02. The first-order chi connectivity index (χ1) is 12.1. The fourth-order valence-corrected chi connectivity index (χ4v) is 3.38. The highest BCUT2D eigenvalue weighted by atomic mass is 32.2. The van der Waals surface area contributed by atoms with E-state index in [0.717, 1.165) is 11.2 Å². The molecular weight excluding hydrogens is 372 g/mol. The number of hydrogen-bond acceptors (Lipinski definition) is 6. The van der Waals surface area contributed by atoms with Crippen LogP contribution in [0.2, 0.25) is 0 Å². The molecule has 0 radical (unpaired) electrons. The Bertz CT molecular complexity index is 1000. The largest absolute Gasteiger partial charge is 0.504 e. The normalized spacial score (nSPS) is 11.0. The summed E-state index contributed by atoms with van der Waals surface area (Å²) in [6, 6.07) is 14.5. The van der Waals surface area contributed by atoms with Gasteiger partial charge in [-0.05, 0) is 24.4 Å². The molecule has 0 bridgehead atoms. The van der Waals surface area contributed by atoms with Gasteiger partial charge in [0.2, 0.25) is 5.75 Å². The summed E-state index contributed by atoms with van der Waals surface area (Å²) in [5, 5.41) is 29.8. The van der Waals surface area contributed by atoms with Crippen LogP contribution in [-0.4, -0.2) is 30.0 Å². The Morgan fingerprint density at radius 1 is 0.846 bits per heavy atom. The van der Waals surface area contributed by atoms with Crippen molar-refractivity contribution >= 4 is 33.2 Å². The topological polar surface area (TPSA) is 94.8 Å². The number of sulfone groups is 1. The van der Waals surface area contributed by atoms with E-state index in [4.69, 9.17) is 0 Å². The van der Waals surface area contributed by atoms with E-state index in [2.05, 4.69) is 19.6 Å². The lowest BCUT2D eigenvalue weighted by Gasteiger charge is -2.12. The number of phenolic OH excluding ortho intramolecular Hbond substituents is 3. The highest BCUT2D eigenvalue weighted by molar-refractivity contribution is 7.89. The van der Waals surface area contributed by atoms with Crippen molar-refractivity contribution in [2.45, 2.75) is 17.6 Å². The first-order valence-corrected chi connectivity index (χ1v) is 10.2. The molecule has 0 spiro atoms. The molecule has 7 heteroatoms. The standard InChI is InChI=1S/C12H12O5S.C7H8S/c1-18(16,17)6-9-7-4-2-3-5-8(7)10(13)12(15)11(9)14;1-6-2-4-7(8)5-3-6/h2-5,13-15H,6H2,1H3;2-5,8H,1H3. The third kappa shape index (κ3) is 4.83. The van der Waals surface area contributed by atoms with Crippen LogP contribution in [0.3, 0.4) is 0 Å². The van der Waals surface area contributed by atoms with E-state index in [9.17, 15) is 23.7 Å². The van der Waals surface area contributed by atoms with Gasteiger partial charge in [0.15, 0.2) is 21.3 Å². The SMILES string of the molecule is CS(=O)(=O)Cc1c(O)c(O)c(O)c2ccccc12.Cc1ccc(S)cc1. The second-order valence-electron chi connectivity index (χ2n) is 5.98. The maximum absolute atomic E-state index is 11.3. The summed E-state index contributed by atoms with van der Waals surface area (Å²) in [6.07, 6.45) is 1.03. The molecule has 5 nitrogen and oxygen atoms in total. The van der Waals surface area contributed by atoms with Crippen molar-refractivity contribution in [3.8, 4) is 17.2 Å². The lowest BCUT2D eigenvalue weighted by atomic mass is 10.0. The summed E-state index contributed by atoms with van der Waals surface area (Å²) in [5.74, 6) is -2.17. The molecule has 0 saturated heterocycles. The molecule has 0 unspecified atom stereocenters. The van der Waals surface area contributed by atoms with Crippen molar-refractivity contribution in [1.29, 1.82) is 0 Å². The zero-order chi connectivity index (χ0) is 19.5.